The normalized spacial score (nSPS) is 15.6. The van der Waals surface area contributed by atoms with E-state index in [4.69, 9.17) is 18.9 Å². The van der Waals surface area contributed by atoms with E-state index in [-0.39, 0.29) is 6.61 Å². The van der Waals surface area contributed by atoms with Crippen LogP contribution in [-0.4, -0.2) is 35.4 Å². The lowest BCUT2D eigenvalue weighted by atomic mass is 9.79. The molecular formula is C34H41NO6. The summed E-state index contributed by atoms with van der Waals surface area (Å²) in [6.45, 7) is 13.0. The summed E-state index contributed by atoms with van der Waals surface area (Å²) >= 11 is 0. The number of hydrogen-bond donors (Lipinski definition) is 2. The Morgan fingerprint density at radius 2 is 1.59 bits per heavy atom. The molecule has 4 rings (SSSR count). The first kappa shape index (κ1) is 30.2. The van der Waals surface area contributed by atoms with Gasteiger partial charge < -0.3 is 24.1 Å². The highest BCUT2D eigenvalue weighted by Gasteiger charge is 2.45. The Hall–Kier alpha value is -3.81. The van der Waals surface area contributed by atoms with Gasteiger partial charge in [0.2, 0.25) is 5.79 Å². The Morgan fingerprint density at radius 3 is 2.15 bits per heavy atom. The Bertz CT molecular complexity index is 1280. The summed E-state index contributed by atoms with van der Waals surface area (Å²) in [5.41, 5.74) is 0.705. The van der Waals surface area contributed by atoms with E-state index >= 15 is 0 Å². The van der Waals surface area contributed by atoms with Gasteiger partial charge in [0.05, 0.1) is 6.61 Å². The third-order valence-electron chi connectivity index (χ3n) is 6.79. The number of carbonyl (C=O) groups is 1. The molecule has 218 valence electrons. The first-order valence-electron chi connectivity index (χ1n) is 14.0. The molecule has 2 unspecified atom stereocenters. The van der Waals surface area contributed by atoms with E-state index in [1.807, 2.05) is 92.7 Å². The fourth-order valence-corrected chi connectivity index (χ4v) is 5.02. The van der Waals surface area contributed by atoms with Gasteiger partial charge in [0.25, 0.3) is 0 Å². The second kappa shape index (κ2) is 12.4. The van der Waals surface area contributed by atoms with Crippen LogP contribution in [-0.2, 0) is 15.1 Å². The van der Waals surface area contributed by atoms with Crippen LogP contribution in [0.25, 0.3) is 0 Å². The van der Waals surface area contributed by atoms with Crippen LogP contribution in [0, 0.1) is 5.92 Å². The van der Waals surface area contributed by atoms with Crippen molar-refractivity contribution in [1.82, 2.24) is 5.32 Å². The average molecular weight is 560 g/mol. The number of benzene rings is 3. The fraction of sp³-hybridized carbons (Fsp3) is 0.382. The highest BCUT2D eigenvalue weighted by atomic mass is 16.7. The van der Waals surface area contributed by atoms with Crippen LogP contribution in [0.1, 0.15) is 64.2 Å². The molecule has 2 N–H and O–H groups in total. The minimum Gasteiger partial charge on any atom is -0.449 e. The van der Waals surface area contributed by atoms with Crippen LogP contribution < -0.4 is 14.8 Å². The summed E-state index contributed by atoms with van der Waals surface area (Å²) in [4.78, 5) is 12.5. The lowest BCUT2D eigenvalue weighted by Crippen LogP contribution is -2.45. The van der Waals surface area contributed by atoms with Crippen molar-refractivity contribution in [3.8, 4) is 11.5 Å². The molecule has 0 saturated heterocycles. The van der Waals surface area contributed by atoms with Crippen LogP contribution in [0.2, 0.25) is 0 Å². The summed E-state index contributed by atoms with van der Waals surface area (Å²) < 4.78 is 24.9. The standard InChI is InChI=1S/C34H41NO6/c1-7-8-16-24(30(36)35-31(37)41-32(2,3)4)23-38-34(25-17-11-9-12-18-25,26-19-13-10-14-20-26)27-21-15-22-28-29(27)40-33(5,6)39-28/h7,9-15,17-22,24,30,36H,1,8,16,23H2,2-6H3,(H,35,37). The smallest absolute Gasteiger partial charge is 0.409 e. The van der Waals surface area contributed by atoms with Gasteiger partial charge >= 0.3 is 6.09 Å². The molecule has 0 fully saturated rings. The number of para-hydroxylation sites is 1. The molecule has 0 radical (unpaired) electrons. The summed E-state index contributed by atoms with van der Waals surface area (Å²) in [6, 6.07) is 25.6. The number of fused-ring (bicyclic) bond motifs is 1. The number of ether oxygens (including phenoxy) is 4. The summed E-state index contributed by atoms with van der Waals surface area (Å²) in [5.74, 6) is -0.0995. The van der Waals surface area contributed by atoms with Crippen LogP contribution in [0.15, 0.2) is 91.5 Å². The predicted molar refractivity (Wildman–Crippen MR) is 159 cm³/mol. The van der Waals surface area contributed by atoms with Crippen molar-refractivity contribution in [2.75, 3.05) is 6.61 Å². The average Bonchev–Trinajstić information content (AvgIpc) is 3.25. The molecule has 0 bridgehead atoms. The molecule has 1 amide bonds. The van der Waals surface area contributed by atoms with E-state index in [1.54, 1.807) is 26.8 Å². The third-order valence-corrected chi connectivity index (χ3v) is 6.79. The SMILES string of the molecule is C=CCCC(COC(c1ccccc1)(c1ccccc1)c1cccc2c1OC(C)(C)O2)C(O)NC(=O)OC(C)(C)C. The highest BCUT2D eigenvalue weighted by Crippen LogP contribution is 2.51. The lowest BCUT2D eigenvalue weighted by Gasteiger charge is -2.38. The van der Waals surface area contributed by atoms with Gasteiger partial charge in [0, 0.05) is 25.3 Å². The van der Waals surface area contributed by atoms with Gasteiger partial charge in [-0.25, -0.2) is 4.79 Å². The minimum atomic E-state index is -1.21. The number of aliphatic hydroxyl groups excluding tert-OH is 1. The Balaban J connectivity index is 1.80. The summed E-state index contributed by atoms with van der Waals surface area (Å²) in [5, 5.41) is 13.8. The van der Waals surface area contributed by atoms with Gasteiger partial charge in [0.1, 0.15) is 17.4 Å². The Morgan fingerprint density at radius 1 is 0.976 bits per heavy atom. The maximum absolute atomic E-state index is 12.5. The molecular weight excluding hydrogens is 518 g/mol. The van der Waals surface area contributed by atoms with Gasteiger partial charge in [0.15, 0.2) is 11.5 Å². The monoisotopic (exact) mass is 559 g/mol. The van der Waals surface area contributed by atoms with Gasteiger partial charge in [-0.2, -0.15) is 0 Å². The molecule has 1 aliphatic rings. The van der Waals surface area contributed by atoms with E-state index in [2.05, 4.69) is 11.9 Å². The van der Waals surface area contributed by atoms with Gasteiger partial charge in [-0.1, -0.05) is 78.9 Å². The first-order chi connectivity index (χ1) is 19.4. The molecule has 7 nitrogen and oxygen atoms in total. The zero-order valence-electron chi connectivity index (χ0n) is 24.6. The van der Waals surface area contributed by atoms with E-state index < -0.39 is 35.2 Å². The zero-order chi connectivity index (χ0) is 29.7. The Kier molecular flexibility index (Phi) is 9.10. The molecule has 1 heterocycles. The molecule has 7 heteroatoms. The number of amides is 1. The van der Waals surface area contributed by atoms with Crippen molar-refractivity contribution in [3.63, 3.8) is 0 Å². The largest absolute Gasteiger partial charge is 0.449 e. The van der Waals surface area contributed by atoms with E-state index in [9.17, 15) is 9.90 Å². The fourth-order valence-electron chi connectivity index (χ4n) is 5.02. The van der Waals surface area contributed by atoms with Gasteiger partial charge in [-0.15, -0.1) is 6.58 Å². The zero-order valence-corrected chi connectivity index (χ0v) is 24.6. The molecule has 1 aliphatic heterocycles. The quantitative estimate of drug-likeness (QED) is 0.151. The number of carbonyl (C=O) groups excluding carboxylic acids is 1. The Labute approximate surface area is 243 Å². The minimum absolute atomic E-state index is 0.0997. The molecule has 0 spiro atoms. The van der Waals surface area contributed by atoms with Crippen LogP contribution in [0.5, 0.6) is 11.5 Å². The van der Waals surface area contributed by atoms with Gasteiger partial charge in [-0.05, 0) is 50.8 Å². The number of aliphatic hydroxyl groups is 1. The number of allylic oxidation sites excluding steroid dienone is 1. The highest BCUT2D eigenvalue weighted by molar-refractivity contribution is 5.67. The maximum atomic E-state index is 12.5. The number of nitrogens with one attached hydrogen (secondary N) is 1. The second-order valence-corrected chi connectivity index (χ2v) is 11.7. The van der Waals surface area contributed by atoms with Crippen molar-refractivity contribution >= 4 is 6.09 Å². The summed E-state index contributed by atoms with van der Waals surface area (Å²) in [6.07, 6.45) is 1.02. The van der Waals surface area contributed by atoms with Gasteiger partial charge in [-0.3, -0.25) is 5.32 Å². The molecule has 0 aromatic heterocycles. The van der Waals surface area contributed by atoms with E-state index in [0.29, 0.717) is 24.3 Å². The maximum Gasteiger partial charge on any atom is 0.409 e. The predicted octanol–water partition coefficient (Wildman–Crippen LogP) is 6.93. The molecule has 3 aromatic rings. The van der Waals surface area contributed by atoms with Crippen molar-refractivity contribution < 1.29 is 28.8 Å². The molecule has 41 heavy (non-hydrogen) atoms. The number of hydrogen-bond acceptors (Lipinski definition) is 6. The molecule has 0 aliphatic carbocycles. The van der Waals surface area contributed by atoms with Crippen LogP contribution >= 0.6 is 0 Å². The summed E-state index contributed by atoms with van der Waals surface area (Å²) in [7, 11) is 0. The van der Waals surface area contributed by atoms with E-state index in [0.717, 1.165) is 16.7 Å². The second-order valence-electron chi connectivity index (χ2n) is 11.7. The number of alkyl carbamates (subject to hydrolysis) is 1. The molecule has 2 atom stereocenters. The lowest BCUT2D eigenvalue weighted by molar-refractivity contribution is -0.0563. The molecule has 0 saturated carbocycles. The van der Waals surface area contributed by atoms with Crippen molar-refractivity contribution in [3.05, 3.63) is 108 Å². The van der Waals surface area contributed by atoms with E-state index in [1.165, 1.54) is 0 Å². The van der Waals surface area contributed by atoms with Crippen molar-refractivity contribution in [1.29, 1.82) is 0 Å². The molecule has 3 aromatic carbocycles. The van der Waals surface area contributed by atoms with Crippen molar-refractivity contribution in [2.24, 2.45) is 5.92 Å². The van der Waals surface area contributed by atoms with Crippen LogP contribution in [0.4, 0.5) is 4.79 Å². The number of rotatable bonds is 11. The topological polar surface area (TPSA) is 86.3 Å². The van der Waals surface area contributed by atoms with Crippen molar-refractivity contribution in [2.45, 2.75) is 70.7 Å². The third kappa shape index (κ3) is 7.10. The van der Waals surface area contributed by atoms with Crippen LogP contribution in [0.3, 0.4) is 0 Å². The first-order valence-corrected chi connectivity index (χ1v) is 14.0.